The first-order valence-electron chi connectivity index (χ1n) is 6.34. The summed E-state index contributed by atoms with van der Waals surface area (Å²) in [4.78, 5) is 26.2. The van der Waals surface area contributed by atoms with E-state index < -0.39 is 0 Å². The minimum absolute atomic E-state index is 0.123. The maximum absolute atomic E-state index is 11.9. The minimum atomic E-state index is -0.123. The van der Waals surface area contributed by atoms with Crippen LogP contribution in [-0.4, -0.2) is 19.9 Å². The minimum Gasteiger partial charge on any atom is -0.352 e. The quantitative estimate of drug-likeness (QED) is 0.734. The van der Waals surface area contributed by atoms with E-state index >= 15 is 0 Å². The number of aromatic nitrogens is 4. The summed E-state index contributed by atoms with van der Waals surface area (Å²) >= 11 is 0. The van der Waals surface area contributed by atoms with Crippen molar-refractivity contribution in [3.63, 3.8) is 0 Å². The Hall–Kier alpha value is -2.43. The van der Waals surface area contributed by atoms with Gasteiger partial charge in [-0.2, -0.15) is 0 Å². The van der Waals surface area contributed by atoms with E-state index in [0.717, 1.165) is 35.2 Å². The Labute approximate surface area is 108 Å². The molecule has 0 radical (unpaired) electrons. The predicted molar refractivity (Wildman–Crippen MR) is 71.9 cm³/mol. The largest absolute Gasteiger partial charge is 0.352 e. The number of aromatic amines is 2. The van der Waals surface area contributed by atoms with E-state index in [2.05, 4.69) is 19.9 Å². The lowest BCUT2D eigenvalue weighted by atomic mass is 10.0. The van der Waals surface area contributed by atoms with E-state index in [0.29, 0.717) is 11.4 Å². The third-order valence-corrected chi connectivity index (χ3v) is 3.55. The fourth-order valence-electron chi connectivity index (χ4n) is 2.51. The van der Waals surface area contributed by atoms with Gasteiger partial charge in [0.05, 0.1) is 6.33 Å². The smallest absolute Gasteiger partial charge is 0.275 e. The average Bonchev–Trinajstić information content (AvgIpc) is 3.21. The third kappa shape index (κ3) is 1.58. The number of hydrogen-bond donors (Lipinski definition) is 2. The summed E-state index contributed by atoms with van der Waals surface area (Å²) in [5, 5.41) is 0. The first kappa shape index (κ1) is 10.5. The second-order valence-electron chi connectivity index (χ2n) is 4.88. The molecular formula is C14H12N4O. The molecule has 0 bridgehead atoms. The summed E-state index contributed by atoms with van der Waals surface area (Å²) in [7, 11) is 0. The van der Waals surface area contributed by atoms with Crippen LogP contribution in [0.5, 0.6) is 0 Å². The van der Waals surface area contributed by atoms with Gasteiger partial charge in [-0.3, -0.25) is 9.78 Å². The first-order chi connectivity index (χ1) is 9.34. The fraction of sp³-hybridized carbons (Fsp3) is 0.214. The molecule has 0 amide bonds. The molecule has 5 nitrogen and oxygen atoms in total. The van der Waals surface area contributed by atoms with Gasteiger partial charge < -0.3 is 9.97 Å². The average molecular weight is 252 g/mol. The van der Waals surface area contributed by atoms with Crippen molar-refractivity contribution >= 4 is 11.0 Å². The number of fused-ring (bicyclic) bond motifs is 1. The van der Waals surface area contributed by atoms with Gasteiger partial charge in [0.2, 0.25) is 0 Å². The van der Waals surface area contributed by atoms with E-state index in [-0.39, 0.29) is 5.56 Å². The summed E-state index contributed by atoms with van der Waals surface area (Å²) in [6, 6.07) is 3.91. The SMILES string of the molecule is O=c1[nH]cnc2c(-c3cccnc3)c(C3CC3)[nH]c12. The molecule has 0 unspecified atom stereocenters. The highest BCUT2D eigenvalue weighted by Gasteiger charge is 2.30. The molecule has 1 saturated carbocycles. The van der Waals surface area contributed by atoms with Gasteiger partial charge in [0.1, 0.15) is 11.0 Å². The Morgan fingerprint density at radius 1 is 1.32 bits per heavy atom. The van der Waals surface area contributed by atoms with E-state index in [9.17, 15) is 4.79 Å². The molecule has 3 aromatic rings. The molecule has 3 aromatic heterocycles. The summed E-state index contributed by atoms with van der Waals surface area (Å²) < 4.78 is 0. The zero-order valence-corrected chi connectivity index (χ0v) is 10.2. The molecular weight excluding hydrogens is 240 g/mol. The maximum Gasteiger partial charge on any atom is 0.275 e. The van der Waals surface area contributed by atoms with Crippen molar-refractivity contribution in [3.8, 4) is 11.1 Å². The van der Waals surface area contributed by atoms with Gasteiger partial charge in [-0.1, -0.05) is 6.07 Å². The molecule has 0 saturated heterocycles. The van der Waals surface area contributed by atoms with Crippen molar-refractivity contribution in [3.05, 3.63) is 46.9 Å². The number of pyridine rings is 1. The molecule has 4 rings (SSSR count). The van der Waals surface area contributed by atoms with Gasteiger partial charge in [0.25, 0.3) is 5.56 Å². The normalized spacial score (nSPS) is 14.9. The Balaban J connectivity index is 2.09. The summed E-state index contributed by atoms with van der Waals surface area (Å²) in [5.41, 5.74) is 4.32. The molecule has 5 heteroatoms. The zero-order chi connectivity index (χ0) is 12.8. The number of nitrogens with one attached hydrogen (secondary N) is 2. The van der Waals surface area contributed by atoms with Gasteiger partial charge in [-0.15, -0.1) is 0 Å². The second kappa shape index (κ2) is 3.78. The molecule has 1 fully saturated rings. The van der Waals surface area contributed by atoms with Crippen LogP contribution in [0.4, 0.5) is 0 Å². The van der Waals surface area contributed by atoms with E-state index in [1.54, 1.807) is 6.20 Å². The molecule has 94 valence electrons. The van der Waals surface area contributed by atoms with Crippen LogP contribution in [0.2, 0.25) is 0 Å². The van der Waals surface area contributed by atoms with Crippen molar-refractivity contribution in [2.45, 2.75) is 18.8 Å². The van der Waals surface area contributed by atoms with Gasteiger partial charge in [-0.05, 0) is 24.8 Å². The van der Waals surface area contributed by atoms with Crippen LogP contribution >= 0.6 is 0 Å². The van der Waals surface area contributed by atoms with Crippen LogP contribution < -0.4 is 5.56 Å². The summed E-state index contributed by atoms with van der Waals surface area (Å²) in [6.45, 7) is 0. The van der Waals surface area contributed by atoms with E-state index in [1.165, 1.54) is 6.33 Å². The highest BCUT2D eigenvalue weighted by Crippen LogP contribution is 2.45. The standard InChI is InChI=1S/C14H12N4O/c19-14-13-12(16-7-17-14)10(9-2-1-5-15-6-9)11(18-13)8-3-4-8/h1-2,5-8,18H,3-4H2,(H,16,17,19). The predicted octanol–water partition coefficient (Wildman–Crippen LogP) is 2.19. The molecule has 2 N–H and O–H groups in total. The van der Waals surface area contributed by atoms with Crippen molar-refractivity contribution in [2.75, 3.05) is 0 Å². The molecule has 0 atom stereocenters. The Kier molecular flexibility index (Phi) is 2.09. The topological polar surface area (TPSA) is 74.4 Å². The second-order valence-corrected chi connectivity index (χ2v) is 4.88. The molecule has 19 heavy (non-hydrogen) atoms. The molecule has 1 aliphatic rings. The highest BCUT2D eigenvalue weighted by molar-refractivity contribution is 5.94. The molecule has 0 aliphatic heterocycles. The number of hydrogen-bond acceptors (Lipinski definition) is 3. The maximum atomic E-state index is 11.9. The van der Waals surface area contributed by atoms with Crippen LogP contribution in [0, 0.1) is 0 Å². The van der Waals surface area contributed by atoms with Crippen molar-refractivity contribution in [1.82, 2.24) is 19.9 Å². The Bertz CT molecular complexity index is 799. The van der Waals surface area contributed by atoms with Crippen molar-refractivity contribution in [1.29, 1.82) is 0 Å². The fourth-order valence-corrected chi connectivity index (χ4v) is 2.51. The van der Waals surface area contributed by atoms with Crippen molar-refractivity contribution in [2.24, 2.45) is 0 Å². The first-order valence-corrected chi connectivity index (χ1v) is 6.34. The molecule has 0 aromatic carbocycles. The van der Waals surface area contributed by atoms with Crippen LogP contribution in [0.3, 0.4) is 0 Å². The molecule has 3 heterocycles. The van der Waals surface area contributed by atoms with Crippen LogP contribution in [0.25, 0.3) is 22.2 Å². The number of H-pyrrole nitrogens is 2. The van der Waals surface area contributed by atoms with Gasteiger partial charge in [-0.25, -0.2) is 4.98 Å². The third-order valence-electron chi connectivity index (χ3n) is 3.55. The highest BCUT2D eigenvalue weighted by atomic mass is 16.1. The number of rotatable bonds is 2. The van der Waals surface area contributed by atoms with E-state index in [4.69, 9.17) is 0 Å². The zero-order valence-electron chi connectivity index (χ0n) is 10.2. The lowest BCUT2D eigenvalue weighted by molar-refractivity contribution is 1.06. The van der Waals surface area contributed by atoms with Crippen molar-refractivity contribution < 1.29 is 0 Å². The summed E-state index contributed by atoms with van der Waals surface area (Å²) in [6.07, 6.45) is 7.35. The van der Waals surface area contributed by atoms with Gasteiger partial charge in [0, 0.05) is 29.2 Å². The molecule has 0 spiro atoms. The summed E-state index contributed by atoms with van der Waals surface area (Å²) in [5.74, 6) is 0.517. The lowest BCUT2D eigenvalue weighted by Crippen LogP contribution is -2.05. The monoisotopic (exact) mass is 252 g/mol. The Morgan fingerprint density at radius 3 is 2.95 bits per heavy atom. The lowest BCUT2D eigenvalue weighted by Gasteiger charge is -2.02. The number of nitrogens with zero attached hydrogens (tertiary/aromatic N) is 2. The van der Waals surface area contributed by atoms with Crippen LogP contribution in [-0.2, 0) is 0 Å². The Morgan fingerprint density at radius 2 is 2.21 bits per heavy atom. The van der Waals surface area contributed by atoms with Crippen LogP contribution in [0.1, 0.15) is 24.5 Å². The van der Waals surface area contributed by atoms with E-state index in [1.807, 2.05) is 18.3 Å². The van der Waals surface area contributed by atoms with Gasteiger partial charge >= 0.3 is 0 Å². The molecule has 1 aliphatic carbocycles. The van der Waals surface area contributed by atoms with Gasteiger partial charge in [0.15, 0.2) is 0 Å². The van der Waals surface area contributed by atoms with Crippen LogP contribution in [0.15, 0.2) is 35.6 Å².